The third-order valence-electron chi connectivity index (χ3n) is 3.17. The highest BCUT2D eigenvalue weighted by Gasteiger charge is 2.41. The Kier molecular flexibility index (Phi) is 3.33. The molecule has 6 nitrogen and oxygen atoms in total. The Morgan fingerprint density at radius 1 is 1.53 bits per heavy atom. The van der Waals surface area contributed by atoms with Crippen LogP contribution in [0.15, 0.2) is 6.07 Å². The van der Waals surface area contributed by atoms with Crippen molar-refractivity contribution in [2.75, 3.05) is 31.3 Å². The summed E-state index contributed by atoms with van der Waals surface area (Å²) < 4.78 is 5.02. The number of nitrogens with zero attached hydrogens (tertiary/aromatic N) is 2. The third-order valence-corrected chi connectivity index (χ3v) is 3.17. The Morgan fingerprint density at radius 2 is 2.29 bits per heavy atom. The van der Waals surface area contributed by atoms with Crippen molar-refractivity contribution in [3.05, 3.63) is 6.07 Å². The van der Waals surface area contributed by atoms with Crippen molar-refractivity contribution in [2.24, 2.45) is 5.41 Å². The van der Waals surface area contributed by atoms with Gasteiger partial charge < -0.3 is 20.9 Å². The summed E-state index contributed by atoms with van der Waals surface area (Å²) in [5, 5.41) is 12.2. The number of anilines is 2. The quantitative estimate of drug-likeness (QED) is 0.673. The summed E-state index contributed by atoms with van der Waals surface area (Å²) in [4.78, 5) is 8.00. The molecule has 0 amide bonds. The predicted molar refractivity (Wildman–Crippen MR) is 64.9 cm³/mol. The lowest BCUT2D eigenvalue weighted by molar-refractivity contribution is 0.253. The summed E-state index contributed by atoms with van der Waals surface area (Å²) in [7, 11) is 1.54. The molecule has 94 valence electrons. The van der Waals surface area contributed by atoms with Gasteiger partial charge in [-0.3, -0.25) is 0 Å². The summed E-state index contributed by atoms with van der Waals surface area (Å²) in [5.74, 6) is 1.31. The number of ether oxygens (including phenoxy) is 1. The molecule has 4 N–H and O–H groups in total. The molecule has 0 saturated heterocycles. The van der Waals surface area contributed by atoms with E-state index in [4.69, 9.17) is 15.6 Å². The Bertz CT molecular complexity index is 393. The average Bonchev–Trinajstić information content (AvgIpc) is 3.07. The highest BCUT2D eigenvalue weighted by atomic mass is 16.5. The Hall–Kier alpha value is -1.56. The van der Waals surface area contributed by atoms with Crippen LogP contribution in [0.2, 0.25) is 0 Å². The van der Waals surface area contributed by atoms with Gasteiger partial charge in [0.15, 0.2) is 0 Å². The lowest BCUT2D eigenvalue weighted by atomic mass is 10.0. The van der Waals surface area contributed by atoms with Gasteiger partial charge in [-0.15, -0.1) is 0 Å². The fourth-order valence-corrected chi connectivity index (χ4v) is 1.85. The first-order valence-electron chi connectivity index (χ1n) is 5.71. The van der Waals surface area contributed by atoms with Crippen molar-refractivity contribution in [2.45, 2.75) is 19.3 Å². The molecule has 0 bridgehead atoms. The summed E-state index contributed by atoms with van der Waals surface area (Å²) in [6, 6.07) is 1.71. The zero-order valence-corrected chi connectivity index (χ0v) is 9.94. The minimum absolute atomic E-state index is 0.193. The highest BCUT2D eigenvalue weighted by Crippen LogP contribution is 2.48. The van der Waals surface area contributed by atoms with Gasteiger partial charge in [-0.25, -0.2) is 0 Å². The Balaban J connectivity index is 1.97. The van der Waals surface area contributed by atoms with Gasteiger partial charge >= 0.3 is 0 Å². The predicted octanol–water partition coefficient (Wildman–Crippen LogP) is 0.642. The largest absolute Gasteiger partial charge is 0.481 e. The van der Waals surface area contributed by atoms with E-state index in [0.717, 1.165) is 25.8 Å². The zero-order chi connectivity index (χ0) is 12.3. The maximum Gasteiger partial charge on any atom is 0.225 e. The van der Waals surface area contributed by atoms with Crippen molar-refractivity contribution in [3.63, 3.8) is 0 Å². The van der Waals surface area contributed by atoms with E-state index in [0.29, 0.717) is 11.7 Å². The molecule has 0 spiro atoms. The fraction of sp³-hybridized carbons (Fsp3) is 0.636. The Morgan fingerprint density at radius 3 is 2.88 bits per heavy atom. The maximum absolute atomic E-state index is 8.97. The standard InChI is InChI=1S/C11H18N4O2/c1-17-9-6-8(14-10(12)15-9)13-7-11(2-3-11)4-5-16/h6,16H,2-5,7H2,1H3,(H3,12,13,14,15). The fourth-order valence-electron chi connectivity index (χ4n) is 1.85. The van der Waals surface area contributed by atoms with Gasteiger partial charge in [0.2, 0.25) is 11.8 Å². The second-order valence-electron chi connectivity index (χ2n) is 4.48. The van der Waals surface area contributed by atoms with Crippen molar-refractivity contribution >= 4 is 11.8 Å². The van der Waals surface area contributed by atoms with Gasteiger partial charge in [0.25, 0.3) is 0 Å². The van der Waals surface area contributed by atoms with E-state index in [-0.39, 0.29) is 18.0 Å². The monoisotopic (exact) mass is 238 g/mol. The van der Waals surface area contributed by atoms with E-state index in [2.05, 4.69) is 15.3 Å². The van der Waals surface area contributed by atoms with Gasteiger partial charge in [-0.2, -0.15) is 9.97 Å². The number of rotatable bonds is 6. The average molecular weight is 238 g/mol. The molecule has 1 aliphatic carbocycles. The number of nitrogens with two attached hydrogens (primary N) is 1. The normalized spacial score (nSPS) is 16.6. The maximum atomic E-state index is 8.97. The van der Waals surface area contributed by atoms with Crippen molar-refractivity contribution in [1.29, 1.82) is 0 Å². The van der Waals surface area contributed by atoms with Crippen LogP contribution in [-0.4, -0.2) is 35.3 Å². The van der Waals surface area contributed by atoms with Crippen LogP contribution >= 0.6 is 0 Å². The van der Waals surface area contributed by atoms with E-state index in [1.165, 1.54) is 0 Å². The van der Waals surface area contributed by atoms with Crippen LogP contribution in [0.1, 0.15) is 19.3 Å². The van der Waals surface area contributed by atoms with Gasteiger partial charge in [-0.05, 0) is 24.7 Å². The SMILES string of the molecule is COc1cc(NCC2(CCO)CC2)nc(N)n1. The number of hydrogen-bond donors (Lipinski definition) is 3. The van der Waals surface area contributed by atoms with Crippen molar-refractivity contribution in [3.8, 4) is 5.88 Å². The van der Waals surface area contributed by atoms with Gasteiger partial charge in [0.05, 0.1) is 7.11 Å². The molecule has 0 aliphatic heterocycles. The van der Waals surface area contributed by atoms with Crippen LogP contribution in [0.5, 0.6) is 5.88 Å². The second kappa shape index (κ2) is 4.75. The van der Waals surface area contributed by atoms with Crippen LogP contribution in [-0.2, 0) is 0 Å². The molecular formula is C11H18N4O2. The van der Waals surface area contributed by atoms with Crippen LogP contribution in [0.4, 0.5) is 11.8 Å². The molecule has 1 aliphatic rings. The molecule has 17 heavy (non-hydrogen) atoms. The van der Waals surface area contributed by atoms with Crippen molar-refractivity contribution < 1.29 is 9.84 Å². The van der Waals surface area contributed by atoms with E-state index < -0.39 is 0 Å². The van der Waals surface area contributed by atoms with E-state index >= 15 is 0 Å². The number of nitrogens with one attached hydrogen (secondary N) is 1. The molecule has 0 aromatic carbocycles. The lowest BCUT2D eigenvalue weighted by Gasteiger charge is -2.15. The van der Waals surface area contributed by atoms with Gasteiger partial charge in [0, 0.05) is 19.2 Å². The number of hydrogen-bond acceptors (Lipinski definition) is 6. The van der Waals surface area contributed by atoms with Crippen LogP contribution < -0.4 is 15.8 Å². The molecule has 1 heterocycles. The first-order chi connectivity index (χ1) is 8.17. The summed E-state index contributed by atoms with van der Waals surface area (Å²) >= 11 is 0. The molecule has 0 unspecified atom stereocenters. The van der Waals surface area contributed by atoms with Crippen molar-refractivity contribution in [1.82, 2.24) is 9.97 Å². The molecule has 1 aromatic rings. The number of methoxy groups -OCH3 is 1. The van der Waals surface area contributed by atoms with E-state index in [9.17, 15) is 0 Å². The molecule has 0 radical (unpaired) electrons. The molecule has 1 fully saturated rings. The minimum atomic E-state index is 0.193. The topological polar surface area (TPSA) is 93.3 Å². The second-order valence-corrected chi connectivity index (χ2v) is 4.48. The number of aliphatic hydroxyl groups excluding tert-OH is 1. The van der Waals surface area contributed by atoms with Crippen LogP contribution in [0.3, 0.4) is 0 Å². The number of nitrogen functional groups attached to an aromatic ring is 1. The number of aliphatic hydroxyl groups is 1. The van der Waals surface area contributed by atoms with Crippen LogP contribution in [0, 0.1) is 5.41 Å². The summed E-state index contributed by atoms with van der Waals surface area (Å²) in [5.41, 5.74) is 5.80. The van der Waals surface area contributed by atoms with E-state index in [1.807, 2.05) is 0 Å². The van der Waals surface area contributed by atoms with E-state index in [1.54, 1.807) is 13.2 Å². The number of aromatic nitrogens is 2. The molecular weight excluding hydrogens is 220 g/mol. The van der Waals surface area contributed by atoms with Crippen LogP contribution in [0.25, 0.3) is 0 Å². The molecule has 6 heteroatoms. The molecule has 1 aromatic heterocycles. The third kappa shape index (κ3) is 2.97. The molecule has 1 saturated carbocycles. The first-order valence-corrected chi connectivity index (χ1v) is 5.71. The Labute approximate surface area is 100 Å². The molecule has 2 rings (SSSR count). The summed E-state index contributed by atoms with van der Waals surface area (Å²) in [6.45, 7) is 1.03. The molecule has 0 atom stereocenters. The van der Waals surface area contributed by atoms with Gasteiger partial charge in [0.1, 0.15) is 5.82 Å². The minimum Gasteiger partial charge on any atom is -0.481 e. The lowest BCUT2D eigenvalue weighted by Crippen LogP contribution is -2.17. The van der Waals surface area contributed by atoms with Gasteiger partial charge in [-0.1, -0.05) is 0 Å². The zero-order valence-electron chi connectivity index (χ0n) is 9.94. The smallest absolute Gasteiger partial charge is 0.225 e. The first kappa shape index (κ1) is 11.9. The summed E-state index contributed by atoms with van der Waals surface area (Å²) in [6.07, 6.45) is 3.13. The highest BCUT2D eigenvalue weighted by molar-refractivity contribution is 5.43.